The lowest BCUT2D eigenvalue weighted by Gasteiger charge is -2.29. The molecule has 0 bridgehead atoms. The van der Waals surface area contributed by atoms with Crippen molar-refractivity contribution in [3.8, 4) is 0 Å². The van der Waals surface area contributed by atoms with Gasteiger partial charge in [-0.15, -0.1) is 0 Å². The van der Waals surface area contributed by atoms with Gasteiger partial charge < -0.3 is 151 Å². The largest absolute Gasteiger partial charge is 0.394 e. The van der Waals surface area contributed by atoms with Gasteiger partial charge in [0.1, 0.15) is 91.6 Å². The van der Waals surface area contributed by atoms with E-state index in [1.807, 2.05) is 0 Å². The van der Waals surface area contributed by atoms with Crippen molar-refractivity contribution in [3.63, 3.8) is 0 Å². The van der Waals surface area contributed by atoms with Crippen molar-refractivity contribution < 1.29 is 151 Å². The maximum Gasteiger partial charge on any atom is 0.104 e. The number of methoxy groups -OCH3 is 7. The fourth-order valence-corrected chi connectivity index (χ4v) is 6.87. The summed E-state index contributed by atoms with van der Waals surface area (Å²) in [7, 11) is 10.2. The molecule has 14 atom stereocenters. The monoisotopic (exact) mass is 1230 g/mol. The summed E-state index contributed by atoms with van der Waals surface area (Å²) in [5.41, 5.74) is 0. The molecule has 0 fully saturated rings. The Hall–Kier alpha value is -1.24. The van der Waals surface area contributed by atoms with Crippen LogP contribution in [0.1, 0.15) is 0 Å². The van der Waals surface area contributed by atoms with E-state index in [4.69, 9.17) is 99.5 Å². The molecular formula is C52H106O31. The molecule has 0 aromatic rings. The minimum absolute atomic E-state index is 0.0288. The number of aliphatic hydroxyl groups is 10. The van der Waals surface area contributed by atoms with Gasteiger partial charge in [-0.2, -0.15) is 0 Å². The first-order chi connectivity index (χ1) is 40.4. The third-order valence-corrected chi connectivity index (χ3v) is 11.6. The fraction of sp³-hybridized carbons (Fsp3) is 1.00. The lowest BCUT2D eigenvalue weighted by Crippen LogP contribution is -2.41. The second kappa shape index (κ2) is 57.2. The molecule has 0 aliphatic heterocycles. The summed E-state index contributed by atoms with van der Waals surface area (Å²) in [5, 5.41) is 100. The summed E-state index contributed by atoms with van der Waals surface area (Å²) >= 11 is 0. The number of hydrogen-bond acceptors (Lipinski definition) is 31. The van der Waals surface area contributed by atoms with Crippen molar-refractivity contribution >= 4 is 0 Å². The third kappa shape index (κ3) is 43.1. The molecule has 0 radical (unpaired) electrons. The van der Waals surface area contributed by atoms with E-state index in [1.165, 1.54) is 49.8 Å². The van der Waals surface area contributed by atoms with Gasteiger partial charge in [-0.3, -0.25) is 0 Å². The van der Waals surface area contributed by atoms with Crippen LogP contribution in [0.4, 0.5) is 0 Å². The van der Waals surface area contributed by atoms with Crippen LogP contribution in [0.2, 0.25) is 0 Å². The molecule has 14 unspecified atom stereocenters. The van der Waals surface area contributed by atoms with E-state index < -0.39 is 125 Å². The smallest absolute Gasteiger partial charge is 0.104 e. The predicted octanol–water partition coefficient (Wildman–Crippen LogP) is -5.80. The van der Waals surface area contributed by atoms with Crippen LogP contribution in [-0.2, 0) is 99.5 Å². The molecule has 0 saturated carbocycles. The van der Waals surface area contributed by atoms with Gasteiger partial charge in [0.05, 0.1) is 198 Å². The number of rotatable bonds is 65. The number of ether oxygens (including phenoxy) is 21. The first kappa shape index (κ1) is 81.8. The first-order valence-corrected chi connectivity index (χ1v) is 27.6. The molecule has 0 aliphatic carbocycles. The van der Waals surface area contributed by atoms with Crippen LogP contribution >= 0.6 is 0 Å². The highest BCUT2D eigenvalue weighted by atomic mass is 16.6. The standard InChI is InChI=1S/C52H106O31/c1-63-17-38(62)18-70-48(29-74-42(12-57)21-66-4)34-80-52(36-82-50(31-76-44(14-59)23-68-6)32-78-46(16-61)26-79-47(24-69-7)27-73-41(11-56)20-65-3)37-83-51(33-77-45(15-60)25-72-40(10-55)19-64-2)35-81-49(28-71-39(8-53)9-54)30-75-43(13-58)22-67-5/h38-62H,8-37H2,1-7H3. The maximum absolute atomic E-state index is 10.5. The van der Waals surface area contributed by atoms with Gasteiger partial charge in [0.25, 0.3) is 0 Å². The molecular weight excluding hydrogens is 1120 g/mol. The first-order valence-electron chi connectivity index (χ1n) is 27.6. The number of aliphatic hydroxyl groups excluding tert-OH is 10. The van der Waals surface area contributed by atoms with E-state index in [0.717, 1.165) is 0 Å². The van der Waals surface area contributed by atoms with Crippen molar-refractivity contribution in [1.29, 1.82) is 0 Å². The van der Waals surface area contributed by atoms with Crippen LogP contribution in [0.25, 0.3) is 0 Å². The van der Waals surface area contributed by atoms with Crippen molar-refractivity contribution in [2.75, 3.05) is 248 Å². The Bertz CT molecular complexity index is 1340. The Labute approximate surface area is 489 Å². The van der Waals surface area contributed by atoms with Crippen molar-refractivity contribution in [2.45, 2.75) is 91.6 Å². The zero-order valence-electron chi connectivity index (χ0n) is 49.9. The molecule has 31 heteroatoms. The Balaban J connectivity index is 7.20. The Morgan fingerprint density at radius 1 is 0.169 bits per heavy atom. The van der Waals surface area contributed by atoms with Gasteiger partial charge in [-0.25, -0.2) is 0 Å². The molecule has 0 heterocycles. The second-order valence-electron chi connectivity index (χ2n) is 18.9. The minimum Gasteiger partial charge on any atom is -0.394 e. The van der Waals surface area contributed by atoms with Crippen molar-refractivity contribution in [3.05, 3.63) is 0 Å². The van der Waals surface area contributed by atoms with Crippen LogP contribution in [-0.4, -0.2) is 391 Å². The van der Waals surface area contributed by atoms with Crippen molar-refractivity contribution in [2.24, 2.45) is 0 Å². The van der Waals surface area contributed by atoms with Gasteiger partial charge >= 0.3 is 0 Å². The van der Waals surface area contributed by atoms with Gasteiger partial charge in [-0.1, -0.05) is 0 Å². The van der Waals surface area contributed by atoms with E-state index in [1.54, 1.807) is 0 Å². The summed E-state index contributed by atoms with van der Waals surface area (Å²) in [4.78, 5) is 0. The quantitative estimate of drug-likeness (QED) is 0.0271. The van der Waals surface area contributed by atoms with E-state index in [0.29, 0.717) is 0 Å². The molecule has 10 N–H and O–H groups in total. The molecule has 0 rings (SSSR count). The van der Waals surface area contributed by atoms with Crippen LogP contribution in [0.3, 0.4) is 0 Å². The van der Waals surface area contributed by atoms with Crippen LogP contribution < -0.4 is 0 Å². The molecule has 0 aliphatic rings. The van der Waals surface area contributed by atoms with Gasteiger partial charge in [0.15, 0.2) is 0 Å². The third-order valence-electron chi connectivity index (χ3n) is 11.6. The zero-order chi connectivity index (χ0) is 61.7. The van der Waals surface area contributed by atoms with E-state index >= 15 is 0 Å². The number of hydrogen-bond donors (Lipinski definition) is 10. The molecule has 500 valence electrons. The van der Waals surface area contributed by atoms with Gasteiger partial charge in [0.2, 0.25) is 0 Å². The summed E-state index contributed by atoms with van der Waals surface area (Å²) in [6.07, 6.45) is -12.7. The van der Waals surface area contributed by atoms with E-state index in [-0.39, 0.29) is 165 Å². The van der Waals surface area contributed by atoms with Crippen LogP contribution in [0.5, 0.6) is 0 Å². The molecule has 0 aromatic heterocycles. The highest BCUT2D eigenvalue weighted by molar-refractivity contribution is 4.72. The van der Waals surface area contributed by atoms with Crippen LogP contribution in [0, 0.1) is 0 Å². The molecule has 31 nitrogen and oxygen atoms in total. The Morgan fingerprint density at radius 2 is 0.301 bits per heavy atom. The summed E-state index contributed by atoms with van der Waals surface area (Å²) in [6, 6.07) is 0. The topological polar surface area (TPSA) is 396 Å². The van der Waals surface area contributed by atoms with Gasteiger partial charge in [-0.05, 0) is 0 Å². The minimum atomic E-state index is -1.03. The van der Waals surface area contributed by atoms with Crippen LogP contribution in [0.15, 0.2) is 0 Å². The maximum atomic E-state index is 10.5. The van der Waals surface area contributed by atoms with Crippen molar-refractivity contribution in [1.82, 2.24) is 0 Å². The Kier molecular flexibility index (Phi) is 56.4. The van der Waals surface area contributed by atoms with E-state index in [9.17, 15) is 51.1 Å². The fourth-order valence-electron chi connectivity index (χ4n) is 6.87. The normalized spacial score (nSPS) is 17.4. The molecule has 0 saturated heterocycles. The predicted molar refractivity (Wildman–Crippen MR) is 289 cm³/mol. The summed E-state index contributed by atoms with van der Waals surface area (Å²) < 4.78 is 121. The molecule has 83 heavy (non-hydrogen) atoms. The van der Waals surface area contributed by atoms with E-state index in [2.05, 4.69) is 0 Å². The Morgan fingerprint density at radius 3 is 0.494 bits per heavy atom. The SMILES string of the molecule is COCC(O)COC(COC(CO)COC)COC(COC(COC(CO)COC)COC(CO)COC(COC)COC(CO)COC)COC(COC(CO)COC(CO)COC)COC(COC(CO)CO)COC(CO)COC. The molecule has 0 amide bonds. The average molecular weight is 1230 g/mol. The highest BCUT2D eigenvalue weighted by Gasteiger charge is 2.27. The highest BCUT2D eigenvalue weighted by Crippen LogP contribution is 2.13. The second-order valence-corrected chi connectivity index (χ2v) is 18.9. The summed E-state index contributed by atoms with van der Waals surface area (Å²) in [6.45, 7) is -5.88. The lowest BCUT2D eigenvalue weighted by molar-refractivity contribution is -0.175. The lowest BCUT2D eigenvalue weighted by atomic mass is 10.3. The molecule has 0 aromatic carbocycles. The zero-order valence-corrected chi connectivity index (χ0v) is 49.9. The average Bonchev–Trinajstić information content (AvgIpc) is 3.51. The molecule has 0 spiro atoms. The summed E-state index contributed by atoms with van der Waals surface area (Å²) in [5.74, 6) is 0. The van der Waals surface area contributed by atoms with Gasteiger partial charge in [0, 0.05) is 49.8 Å².